The van der Waals surface area contributed by atoms with E-state index in [0.29, 0.717) is 23.8 Å². The molecule has 0 radical (unpaired) electrons. The Bertz CT molecular complexity index is 690. The Morgan fingerprint density at radius 1 is 1.45 bits per heavy atom. The van der Waals surface area contributed by atoms with Gasteiger partial charge in [-0.15, -0.1) is 0 Å². The molecule has 7 heteroatoms. The quantitative estimate of drug-likeness (QED) is 0.742. The minimum Gasteiger partial charge on any atom is -0.348 e. The first-order chi connectivity index (χ1) is 9.74. The van der Waals surface area contributed by atoms with Crippen LogP contribution in [0.3, 0.4) is 0 Å². The second-order valence-electron chi connectivity index (χ2n) is 4.51. The van der Waals surface area contributed by atoms with E-state index >= 15 is 0 Å². The average Bonchev–Trinajstić information content (AvgIpc) is 3.10. The summed E-state index contributed by atoms with van der Waals surface area (Å²) in [6, 6.07) is 3.44. The van der Waals surface area contributed by atoms with Gasteiger partial charge in [-0.3, -0.25) is 4.98 Å². The minimum absolute atomic E-state index is 0.374. The van der Waals surface area contributed by atoms with Gasteiger partial charge < -0.3 is 15.2 Å². The number of rotatable bonds is 4. The van der Waals surface area contributed by atoms with E-state index in [9.17, 15) is 0 Å². The molecule has 3 aromatic heterocycles. The van der Waals surface area contributed by atoms with E-state index in [1.54, 1.807) is 18.7 Å². The van der Waals surface area contributed by atoms with Crippen LogP contribution in [0.25, 0.3) is 11.5 Å². The molecule has 1 atom stereocenters. The lowest BCUT2D eigenvalue weighted by Gasteiger charge is -2.03. The maximum Gasteiger partial charge on any atom is 0.244 e. The predicted octanol–water partition coefficient (Wildman–Crippen LogP) is 1.41. The van der Waals surface area contributed by atoms with Gasteiger partial charge in [-0.1, -0.05) is 11.2 Å². The van der Waals surface area contributed by atoms with Crippen LogP contribution in [-0.2, 0) is 6.42 Å². The van der Waals surface area contributed by atoms with Crippen molar-refractivity contribution in [2.45, 2.75) is 19.4 Å². The zero-order valence-corrected chi connectivity index (χ0v) is 10.9. The summed E-state index contributed by atoms with van der Waals surface area (Å²) in [6.45, 7) is 1.95. The van der Waals surface area contributed by atoms with Gasteiger partial charge in [0.15, 0.2) is 0 Å². The van der Waals surface area contributed by atoms with E-state index in [1.165, 1.54) is 0 Å². The fourth-order valence-electron chi connectivity index (χ4n) is 1.92. The summed E-state index contributed by atoms with van der Waals surface area (Å²) in [5, 5.41) is 3.94. The lowest BCUT2D eigenvalue weighted by atomic mass is 10.2. The van der Waals surface area contributed by atoms with E-state index in [0.717, 1.165) is 11.3 Å². The van der Waals surface area contributed by atoms with E-state index in [2.05, 4.69) is 25.1 Å². The first-order valence-electron chi connectivity index (χ1n) is 6.22. The summed E-state index contributed by atoms with van der Waals surface area (Å²) in [7, 11) is 0. The molecule has 0 aliphatic carbocycles. The molecule has 0 fully saturated rings. The van der Waals surface area contributed by atoms with Crippen LogP contribution in [0.2, 0.25) is 0 Å². The van der Waals surface area contributed by atoms with Crippen molar-refractivity contribution in [3.05, 3.63) is 48.0 Å². The first kappa shape index (κ1) is 12.5. The molecule has 0 aliphatic heterocycles. The van der Waals surface area contributed by atoms with Gasteiger partial charge in [-0.2, -0.15) is 4.98 Å². The number of hydrogen-bond acceptors (Lipinski definition) is 6. The third-order valence-electron chi connectivity index (χ3n) is 2.97. The van der Waals surface area contributed by atoms with Gasteiger partial charge in [-0.05, 0) is 18.6 Å². The number of nitrogens with one attached hydrogen (secondary N) is 1. The summed E-state index contributed by atoms with van der Waals surface area (Å²) < 4.78 is 5.22. The zero-order valence-electron chi connectivity index (χ0n) is 10.9. The van der Waals surface area contributed by atoms with Crippen LogP contribution in [-0.4, -0.2) is 25.1 Å². The van der Waals surface area contributed by atoms with E-state index in [4.69, 9.17) is 10.3 Å². The molecule has 3 N–H and O–H groups in total. The van der Waals surface area contributed by atoms with Crippen molar-refractivity contribution in [2.75, 3.05) is 0 Å². The highest BCUT2D eigenvalue weighted by molar-refractivity contribution is 5.53. The standard InChI is InChI=1S/C13H14N6O/c1-8-3-2-4-16-11(8)12-18-13(20-19-12)10(14)5-9-6-15-7-17-9/h2-4,6-7,10H,5,14H2,1H3,(H,15,17)/t10-/m0/s1. The first-order valence-corrected chi connectivity index (χ1v) is 6.22. The summed E-state index contributed by atoms with van der Waals surface area (Å²) in [5.41, 5.74) is 8.67. The highest BCUT2D eigenvalue weighted by Crippen LogP contribution is 2.20. The van der Waals surface area contributed by atoms with Gasteiger partial charge in [0.1, 0.15) is 5.69 Å². The second kappa shape index (κ2) is 5.22. The van der Waals surface area contributed by atoms with Crippen molar-refractivity contribution in [1.82, 2.24) is 25.1 Å². The van der Waals surface area contributed by atoms with Gasteiger partial charge in [0, 0.05) is 24.5 Å². The van der Waals surface area contributed by atoms with Gasteiger partial charge in [0.2, 0.25) is 11.7 Å². The van der Waals surface area contributed by atoms with Crippen LogP contribution in [0.1, 0.15) is 23.2 Å². The number of hydrogen-bond donors (Lipinski definition) is 2. The summed E-state index contributed by atoms with van der Waals surface area (Å²) in [5.74, 6) is 0.845. The predicted molar refractivity (Wildman–Crippen MR) is 71.5 cm³/mol. The lowest BCUT2D eigenvalue weighted by molar-refractivity contribution is 0.353. The van der Waals surface area contributed by atoms with Crippen LogP contribution in [0.15, 0.2) is 35.4 Å². The molecule has 20 heavy (non-hydrogen) atoms. The lowest BCUT2D eigenvalue weighted by Crippen LogP contribution is -2.14. The zero-order chi connectivity index (χ0) is 13.9. The third kappa shape index (κ3) is 2.43. The Morgan fingerprint density at radius 2 is 2.35 bits per heavy atom. The topological polar surface area (TPSA) is 107 Å². The number of aromatic amines is 1. The molecule has 0 saturated heterocycles. The molecule has 0 saturated carbocycles. The molecule has 3 aromatic rings. The smallest absolute Gasteiger partial charge is 0.244 e. The van der Waals surface area contributed by atoms with Gasteiger partial charge in [0.25, 0.3) is 0 Å². The monoisotopic (exact) mass is 270 g/mol. The second-order valence-corrected chi connectivity index (χ2v) is 4.51. The SMILES string of the molecule is Cc1cccnc1-c1noc([C@@H](N)Cc2cnc[nH]2)n1. The number of nitrogens with two attached hydrogens (primary N) is 1. The molecular weight excluding hydrogens is 256 g/mol. The maximum absolute atomic E-state index is 6.05. The summed E-state index contributed by atoms with van der Waals surface area (Å²) in [4.78, 5) is 15.5. The van der Waals surface area contributed by atoms with Crippen molar-refractivity contribution >= 4 is 0 Å². The number of pyridine rings is 1. The summed E-state index contributed by atoms with van der Waals surface area (Å²) in [6.07, 6.45) is 5.59. The normalized spacial score (nSPS) is 12.5. The molecule has 3 heterocycles. The Balaban J connectivity index is 1.81. The van der Waals surface area contributed by atoms with Crippen LogP contribution in [0, 0.1) is 6.92 Å². The molecule has 0 unspecified atom stereocenters. The Labute approximate surface area is 115 Å². The molecule has 0 amide bonds. The fourth-order valence-corrected chi connectivity index (χ4v) is 1.92. The molecule has 0 aromatic carbocycles. The Hall–Kier alpha value is -2.54. The largest absolute Gasteiger partial charge is 0.348 e. The third-order valence-corrected chi connectivity index (χ3v) is 2.97. The van der Waals surface area contributed by atoms with Crippen LogP contribution < -0.4 is 5.73 Å². The van der Waals surface area contributed by atoms with Crippen LogP contribution in [0.5, 0.6) is 0 Å². The highest BCUT2D eigenvalue weighted by Gasteiger charge is 2.18. The van der Waals surface area contributed by atoms with E-state index < -0.39 is 0 Å². The number of aromatic nitrogens is 5. The molecule has 7 nitrogen and oxygen atoms in total. The van der Waals surface area contributed by atoms with Gasteiger partial charge in [0.05, 0.1) is 12.4 Å². The molecule has 3 rings (SSSR count). The van der Waals surface area contributed by atoms with Crippen molar-refractivity contribution in [3.8, 4) is 11.5 Å². The number of aryl methyl sites for hydroxylation is 1. The van der Waals surface area contributed by atoms with Crippen molar-refractivity contribution in [1.29, 1.82) is 0 Å². The Morgan fingerprint density at radius 3 is 3.10 bits per heavy atom. The van der Waals surface area contributed by atoms with E-state index in [1.807, 2.05) is 19.1 Å². The fraction of sp³-hybridized carbons (Fsp3) is 0.231. The van der Waals surface area contributed by atoms with Gasteiger partial charge in [-0.25, -0.2) is 4.98 Å². The van der Waals surface area contributed by atoms with E-state index in [-0.39, 0.29) is 6.04 Å². The molecule has 0 spiro atoms. The van der Waals surface area contributed by atoms with Crippen molar-refractivity contribution < 1.29 is 4.52 Å². The van der Waals surface area contributed by atoms with Gasteiger partial charge >= 0.3 is 0 Å². The molecule has 0 aliphatic rings. The summed E-state index contributed by atoms with van der Waals surface area (Å²) >= 11 is 0. The molecular formula is C13H14N6O. The van der Waals surface area contributed by atoms with Crippen LogP contribution >= 0.6 is 0 Å². The highest BCUT2D eigenvalue weighted by atomic mass is 16.5. The molecule has 0 bridgehead atoms. The maximum atomic E-state index is 6.05. The van der Waals surface area contributed by atoms with Crippen molar-refractivity contribution in [3.63, 3.8) is 0 Å². The molecule has 102 valence electrons. The number of nitrogens with zero attached hydrogens (tertiary/aromatic N) is 4. The van der Waals surface area contributed by atoms with Crippen LogP contribution in [0.4, 0.5) is 0 Å². The number of imidazole rings is 1. The Kier molecular flexibility index (Phi) is 3.26. The average molecular weight is 270 g/mol. The minimum atomic E-state index is -0.374. The van der Waals surface area contributed by atoms with Crippen molar-refractivity contribution in [2.24, 2.45) is 5.73 Å². The number of H-pyrrole nitrogens is 1.